The number of hydrogen-bond donors (Lipinski definition) is 2. The van der Waals surface area contributed by atoms with Crippen molar-refractivity contribution >= 4 is 27.9 Å². The largest absolute Gasteiger partial charge is 0.496 e. The predicted octanol–water partition coefficient (Wildman–Crippen LogP) is 3.06. The highest BCUT2D eigenvalue weighted by atomic mass is 79.9. The molecule has 28 heavy (non-hydrogen) atoms. The summed E-state index contributed by atoms with van der Waals surface area (Å²) in [5.74, 6) is -0.140. The summed E-state index contributed by atoms with van der Waals surface area (Å²) < 4.78 is 6.03. The Kier molecular flexibility index (Phi) is 6.50. The van der Waals surface area contributed by atoms with Crippen molar-refractivity contribution in [3.8, 4) is 5.75 Å². The first-order chi connectivity index (χ1) is 13.4. The van der Waals surface area contributed by atoms with Crippen LogP contribution in [0.15, 0.2) is 22.7 Å². The van der Waals surface area contributed by atoms with E-state index >= 15 is 0 Å². The Labute approximate surface area is 173 Å². The molecule has 8 heteroatoms. The molecule has 1 aromatic rings. The summed E-state index contributed by atoms with van der Waals surface area (Å²) in [6.45, 7) is 1.27. The molecule has 2 N–H and O–H groups in total. The van der Waals surface area contributed by atoms with Crippen LogP contribution in [0.5, 0.6) is 5.75 Å². The van der Waals surface area contributed by atoms with E-state index in [2.05, 4.69) is 15.9 Å². The van der Waals surface area contributed by atoms with E-state index in [1.54, 1.807) is 18.1 Å². The third-order valence-corrected chi connectivity index (χ3v) is 6.49. The SMILES string of the molecule is COc1ccc(C(C(=O)N2CCN(C(=O)O)CC2)C2(O)CCCCC2)cc1Br. The van der Waals surface area contributed by atoms with Crippen molar-refractivity contribution in [1.29, 1.82) is 0 Å². The van der Waals surface area contributed by atoms with Crippen LogP contribution in [0.4, 0.5) is 4.79 Å². The van der Waals surface area contributed by atoms with Gasteiger partial charge in [-0.2, -0.15) is 0 Å². The van der Waals surface area contributed by atoms with E-state index in [1.807, 2.05) is 12.1 Å². The third kappa shape index (κ3) is 4.27. The van der Waals surface area contributed by atoms with E-state index in [0.29, 0.717) is 44.8 Å². The van der Waals surface area contributed by atoms with E-state index in [9.17, 15) is 14.7 Å². The summed E-state index contributed by atoms with van der Waals surface area (Å²) in [5, 5.41) is 20.6. The molecular formula is C20H27BrN2O5. The van der Waals surface area contributed by atoms with Gasteiger partial charge in [0.2, 0.25) is 5.91 Å². The van der Waals surface area contributed by atoms with Crippen molar-refractivity contribution in [2.75, 3.05) is 33.3 Å². The minimum absolute atomic E-state index is 0.133. The maximum absolute atomic E-state index is 13.5. The van der Waals surface area contributed by atoms with E-state index in [4.69, 9.17) is 9.84 Å². The van der Waals surface area contributed by atoms with E-state index in [1.165, 1.54) is 4.90 Å². The quantitative estimate of drug-likeness (QED) is 0.729. The number of methoxy groups -OCH3 is 1. The maximum atomic E-state index is 13.5. The average Bonchev–Trinajstić information content (AvgIpc) is 2.68. The number of nitrogens with zero attached hydrogens (tertiary/aromatic N) is 2. The van der Waals surface area contributed by atoms with E-state index < -0.39 is 17.6 Å². The maximum Gasteiger partial charge on any atom is 0.407 e. The minimum atomic E-state index is -1.09. The third-order valence-electron chi connectivity index (χ3n) is 5.87. The normalized spacial score (nSPS) is 20.5. The molecule has 1 saturated carbocycles. The number of carboxylic acid groups (broad SMARTS) is 1. The van der Waals surface area contributed by atoms with Crippen molar-refractivity contribution in [2.24, 2.45) is 0 Å². The van der Waals surface area contributed by atoms with Crippen molar-refractivity contribution in [2.45, 2.75) is 43.6 Å². The fraction of sp³-hybridized carbons (Fsp3) is 0.600. The van der Waals surface area contributed by atoms with Crippen molar-refractivity contribution < 1.29 is 24.5 Å². The van der Waals surface area contributed by atoms with Crippen LogP contribution >= 0.6 is 15.9 Å². The van der Waals surface area contributed by atoms with Crippen LogP contribution in [-0.4, -0.2) is 70.9 Å². The summed E-state index contributed by atoms with van der Waals surface area (Å²) in [6.07, 6.45) is 3.06. The van der Waals surface area contributed by atoms with Crippen LogP contribution in [0.2, 0.25) is 0 Å². The van der Waals surface area contributed by atoms with Gasteiger partial charge >= 0.3 is 6.09 Å². The van der Waals surface area contributed by atoms with Gasteiger partial charge in [-0.3, -0.25) is 4.79 Å². The molecular weight excluding hydrogens is 428 g/mol. The first-order valence-electron chi connectivity index (χ1n) is 9.68. The van der Waals surface area contributed by atoms with Crippen LogP contribution in [-0.2, 0) is 4.79 Å². The smallest absolute Gasteiger partial charge is 0.407 e. The highest BCUT2D eigenvalue weighted by Gasteiger charge is 2.45. The summed E-state index contributed by atoms with van der Waals surface area (Å²) in [7, 11) is 1.58. The standard InChI is InChI=1S/C20H27BrN2O5/c1-28-16-6-5-14(13-15(16)21)17(20(27)7-3-2-4-8-20)18(24)22-9-11-23(12-10-22)19(25)26/h5-6,13,17,27H,2-4,7-12H2,1H3,(H,25,26). The summed E-state index contributed by atoms with van der Waals surface area (Å²) in [6, 6.07) is 5.49. The molecule has 1 atom stereocenters. The van der Waals surface area contributed by atoms with Gasteiger partial charge in [0, 0.05) is 26.2 Å². The first-order valence-corrected chi connectivity index (χ1v) is 10.5. The number of ether oxygens (including phenoxy) is 1. The van der Waals surface area contributed by atoms with Gasteiger partial charge in [-0.15, -0.1) is 0 Å². The van der Waals surface area contributed by atoms with Gasteiger partial charge < -0.3 is 24.7 Å². The molecule has 2 amide bonds. The number of carbonyl (C=O) groups excluding carboxylic acids is 1. The number of amides is 2. The van der Waals surface area contributed by atoms with Gasteiger partial charge in [-0.05, 0) is 46.5 Å². The molecule has 1 unspecified atom stereocenters. The second-order valence-corrected chi connectivity index (χ2v) is 8.44. The monoisotopic (exact) mass is 454 g/mol. The van der Waals surface area contributed by atoms with Crippen molar-refractivity contribution in [3.63, 3.8) is 0 Å². The van der Waals surface area contributed by atoms with Gasteiger partial charge in [0.15, 0.2) is 0 Å². The van der Waals surface area contributed by atoms with Crippen LogP contribution in [0.1, 0.15) is 43.6 Å². The molecule has 7 nitrogen and oxygen atoms in total. The Morgan fingerprint density at radius 3 is 2.25 bits per heavy atom. The van der Waals surface area contributed by atoms with E-state index in [0.717, 1.165) is 29.3 Å². The lowest BCUT2D eigenvalue weighted by Crippen LogP contribution is -2.54. The number of benzene rings is 1. The second-order valence-electron chi connectivity index (χ2n) is 7.59. The zero-order valence-electron chi connectivity index (χ0n) is 16.1. The second kappa shape index (κ2) is 8.69. The van der Waals surface area contributed by atoms with Crippen LogP contribution in [0.25, 0.3) is 0 Å². The Morgan fingerprint density at radius 1 is 1.11 bits per heavy atom. The molecule has 1 saturated heterocycles. The Hall–Kier alpha value is -1.80. The molecule has 0 radical (unpaired) electrons. The number of piperazine rings is 1. The summed E-state index contributed by atoms with van der Waals surface area (Å²) in [4.78, 5) is 27.7. The zero-order valence-corrected chi connectivity index (χ0v) is 17.7. The molecule has 0 spiro atoms. The lowest BCUT2D eigenvalue weighted by atomic mass is 9.72. The van der Waals surface area contributed by atoms with Gasteiger partial charge in [0.25, 0.3) is 0 Å². The molecule has 154 valence electrons. The molecule has 1 heterocycles. The van der Waals surface area contributed by atoms with Gasteiger partial charge in [0.1, 0.15) is 5.75 Å². The van der Waals surface area contributed by atoms with Crippen LogP contribution in [0.3, 0.4) is 0 Å². The molecule has 1 aromatic carbocycles. The van der Waals surface area contributed by atoms with Crippen LogP contribution < -0.4 is 4.74 Å². The molecule has 0 aromatic heterocycles. The molecule has 1 aliphatic heterocycles. The first kappa shape index (κ1) is 20.9. The van der Waals surface area contributed by atoms with Gasteiger partial charge in [-0.1, -0.05) is 25.3 Å². The molecule has 2 aliphatic rings. The van der Waals surface area contributed by atoms with Gasteiger partial charge in [-0.25, -0.2) is 4.79 Å². The molecule has 2 fully saturated rings. The van der Waals surface area contributed by atoms with Gasteiger partial charge in [0.05, 0.1) is 23.1 Å². The number of hydrogen-bond acceptors (Lipinski definition) is 4. The summed E-state index contributed by atoms with van der Waals surface area (Å²) in [5.41, 5.74) is -0.337. The minimum Gasteiger partial charge on any atom is -0.496 e. The Bertz CT molecular complexity index is 727. The fourth-order valence-electron chi connectivity index (χ4n) is 4.30. The Balaban J connectivity index is 1.89. The number of aliphatic hydroxyl groups is 1. The summed E-state index contributed by atoms with van der Waals surface area (Å²) >= 11 is 3.48. The number of halogens is 1. The average molecular weight is 455 g/mol. The van der Waals surface area contributed by atoms with Crippen LogP contribution in [0, 0.1) is 0 Å². The van der Waals surface area contributed by atoms with Crippen molar-refractivity contribution in [3.05, 3.63) is 28.2 Å². The molecule has 0 bridgehead atoms. The predicted molar refractivity (Wildman–Crippen MR) is 108 cm³/mol. The topological polar surface area (TPSA) is 90.3 Å². The highest BCUT2D eigenvalue weighted by Crippen LogP contribution is 2.42. The lowest BCUT2D eigenvalue weighted by Gasteiger charge is -2.42. The molecule has 1 aliphatic carbocycles. The number of rotatable bonds is 4. The fourth-order valence-corrected chi connectivity index (χ4v) is 4.86. The zero-order chi connectivity index (χ0) is 20.3. The highest BCUT2D eigenvalue weighted by molar-refractivity contribution is 9.10. The van der Waals surface area contributed by atoms with Crippen molar-refractivity contribution in [1.82, 2.24) is 9.80 Å². The lowest BCUT2D eigenvalue weighted by molar-refractivity contribution is -0.143. The molecule has 3 rings (SSSR count). The Morgan fingerprint density at radius 2 is 1.71 bits per heavy atom. The van der Waals surface area contributed by atoms with E-state index in [-0.39, 0.29) is 5.91 Å². The number of carbonyl (C=O) groups is 2.